The van der Waals surface area contributed by atoms with Gasteiger partial charge >= 0.3 is 0 Å². The Bertz CT molecular complexity index is 962. The molecule has 3 fully saturated rings. The van der Waals surface area contributed by atoms with Crippen LogP contribution in [0.15, 0.2) is 59.5 Å². The number of methoxy groups -OCH3 is 1. The number of phenolic OH excluding ortho intramolecular Hbond substituents is 1. The fraction of sp³-hybridized carbons (Fsp3) is 0.618. The molecule has 10 heteroatoms. The standard InChI is InChI=1S/C15H22N2O4S.C7H12O3.C7H8.C5H12/c18-12-16-8-1-9-17(21-14-6-10-20-11-7-14)22-15-4-2-13(19)3-5-15;1-8-6-4-10-7-5(6)2-3-9-7;1-7-5-3-2-4-6-7;1-3-5-4-2/h2-5,12,14,19H,1,6-11H2,(H,16,18);5-7H,2-4H2,1H3;2-6H,1H3;3-5H2,1-2H3/t;5-,6-,7+;;/m.0../s1. The maximum atomic E-state index is 10.3. The highest BCUT2D eigenvalue weighted by molar-refractivity contribution is 7.96. The molecule has 3 heterocycles. The Morgan fingerprint density at radius 2 is 1.68 bits per heavy atom. The number of benzene rings is 2. The summed E-state index contributed by atoms with van der Waals surface area (Å²) in [7, 11) is 1.73. The van der Waals surface area contributed by atoms with Crippen LogP contribution in [0.3, 0.4) is 0 Å². The van der Waals surface area contributed by atoms with Gasteiger partial charge in [-0.1, -0.05) is 69.0 Å². The number of nitrogens with one attached hydrogen (secondary N) is 1. The van der Waals surface area contributed by atoms with Gasteiger partial charge < -0.3 is 29.4 Å². The summed E-state index contributed by atoms with van der Waals surface area (Å²) in [5.74, 6) is 0.737. The van der Waals surface area contributed by atoms with Crippen LogP contribution in [0.25, 0.3) is 0 Å². The summed E-state index contributed by atoms with van der Waals surface area (Å²) in [6.45, 7) is 10.8. The number of hydroxylamine groups is 1. The van der Waals surface area contributed by atoms with Gasteiger partial charge in [-0.05, 0) is 68.8 Å². The monoisotopic (exact) mass is 634 g/mol. The smallest absolute Gasteiger partial charge is 0.207 e. The van der Waals surface area contributed by atoms with Crippen LogP contribution in [0.5, 0.6) is 5.75 Å². The first-order valence-corrected chi connectivity index (χ1v) is 16.7. The quantitative estimate of drug-likeness (QED) is 0.117. The Morgan fingerprint density at radius 1 is 0.977 bits per heavy atom. The number of nitrogens with zero attached hydrogens (tertiary/aromatic N) is 1. The molecule has 0 aromatic heterocycles. The third-order valence-corrected chi connectivity index (χ3v) is 8.11. The molecule has 9 nitrogen and oxygen atoms in total. The molecule has 1 amide bonds. The Morgan fingerprint density at radius 3 is 2.25 bits per heavy atom. The molecule has 3 atom stereocenters. The summed E-state index contributed by atoms with van der Waals surface area (Å²) >= 11 is 1.49. The normalized spacial score (nSPS) is 20.7. The number of ether oxygens (including phenoxy) is 4. The molecule has 5 rings (SSSR count). The average molecular weight is 635 g/mol. The highest BCUT2D eigenvalue weighted by Gasteiger charge is 2.41. The number of rotatable bonds is 12. The minimum absolute atomic E-state index is 0.0324. The van der Waals surface area contributed by atoms with E-state index in [-0.39, 0.29) is 24.2 Å². The van der Waals surface area contributed by atoms with Gasteiger partial charge in [-0.15, -0.1) is 4.47 Å². The zero-order valence-corrected chi connectivity index (χ0v) is 27.8. The lowest BCUT2D eigenvalue weighted by atomic mass is 10.0. The van der Waals surface area contributed by atoms with E-state index in [1.165, 1.54) is 36.8 Å². The van der Waals surface area contributed by atoms with Crippen molar-refractivity contribution in [1.82, 2.24) is 9.79 Å². The molecular weight excluding hydrogens is 580 g/mol. The lowest BCUT2D eigenvalue weighted by Gasteiger charge is -2.28. The van der Waals surface area contributed by atoms with Crippen molar-refractivity contribution in [3.05, 3.63) is 60.2 Å². The number of carbonyl (C=O) groups excluding carboxylic acids is 1. The third-order valence-electron chi connectivity index (χ3n) is 7.16. The topological polar surface area (TPSA) is 98.7 Å². The van der Waals surface area contributed by atoms with Crippen molar-refractivity contribution < 1.29 is 33.7 Å². The van der Waals surface area contributed by atoms with Crippen LogP contribution in [0.2, 0.25) is 0 Å². The van der Waals surface area contributed by atoms with Crippen molar-refractivity contribution in [2.24, 2.45) is 5.92 Å². The molecular formula is C34H54N2O7S. The number of unbranched alkanes of at least 4 members (excludes halogenated alkanes) is 2. The maximum Gasteiger partial charge on any atom is 0.207 e. The summed E-state index contributed by atoms with van der Waals surface area (Å²) in [6, 6.07) is 17.3. The van der Waals surface area contributed by atoms with Gasteiger partial charge in [0.1, 0.15) is 5.75 Å². The molecule has 3 saturated heterocycles. The fourth-order valence-electron chi connectivity index (χ4n) is 4.62. The number of carbonyl (C=O) groups is 1. The molecule has 44 heavy (non-hydrogen) atoms. The minimum atomic E-state index is 0.0324. The minimum Gasteiger partial charge on any atom is -0.508 e. The van der Waals surface area contributed by atoms with E-state index in [1.54, 1.807) is 19.2 Å². The predicted octanol–water partition coefficient (Wildman–Crippen LogP) is 6.53. The molecule has 0 unspecified atom stereocenters. The lowest BCUT2D eigenvalue weighted by molar-refractivity contribution is -0.153. The van der Waals surface area contributed by atoms with Crippen molar-refractivity contribution in [2.75, 3.05) is 46.6 Å². The number of fused-ring (bicyclic) bond motifs is 1. The summed E-state index contributed by atoms with van der Waals surface area (Å²) in [5.41, 5.74) is 1.32. The maximum absolute atomic E-state index is 10.3. The Balaban J connectivity index is 0.000000249. The molecule has 3 aliphatic heterocycles. The van der Waals surface area contributed by atoms with Gasteiger partial charge in [0, 0.05) is 44.2 Å². The van der Waals surface area contributed by atoms with Crippen molar-refractivity contribution >= 4 is 18.4 Å². The van der Waals surface area contributed by atoms with Crippen molar-refractivity contribution in [3.8, 4) is 5.75 Å². The van der Waals surface area contributed by atoms with Gasteiger partial charge in [0.15, 0.2) is 6.29 Å². The van der Waals surface area contributed by atoms with Gasteiger partial charge in [-0.25, -0.2) is 0 Å². The lowest BCUT2D eigenvalue weighted by Crippen LogP contribution is -2.31. The second-order valence-corrected chi connectivity index (χ2v) is 11.9. The fourth-order valence-corrected chi connectivity index (χ4v) is 5.50. The molecule has 0 radical (unpaired) electrons. The molecule has 2 aromatic rings. The largest absolute Gasteiger partial charge is 0.508 e. The first-order valence-electron chi connectivity index (χ1n) is 15.9. The Hall–Kier alpha value is -2.18. The van der Waals surface area contributed by atoms with Crippen LogP contribution < -0.4 is 5.32 Å². The van der Waals surface area contributed by atoms with E-state index in [1.807, 2.05) is 34.8 Å². The van der Waals surface area contributed by atoms with E-state index in [4.69, 9.17) is 23.8 Å². The summed E-state index contributed by atoms with van der Waals surface area (Å²) in [5, 5.41) is 12.0. The van der Waals surface area contributed by atoms with E-state index in [0.29, 0.717) is 32.0 Å². The van der Waals surface area contributed by atoms with Crippen LogP contribution in [0.1, 0.15) is 64.4 Å². The molecule has 0 aliphatic carbocycles. The second kappa shape index (κ2) is 24.1. The Kier molecular flexibility index (Phi) is 20.8. The summed E-state index contributed by atoms with van der Waals surface area (Å²) < 4.78 is 23.1. The van der Waals surface area contributed by atoms with Crippen LogP contribution >= 0.6 is 11.9 Å². The van der Waals surface area contributed by atoms with E-state index in [9.17, 15) is 9.90 Å². The molecule has 2 N–H and O–H groups in total. The number of hydrogen-bond acceptors (Lipinski definition) is 9. The molecule has 248 valence electrons. The van der Waals surface area contributed by atoms with E-state index < -0.39 is 0 Å². The van der Waals surface area contributed by atoms with Crippen molar-refractivity contribution in [3.63, 3.8) is 0 Å². The van der Waals surface area contributed by atoms with E-state index in [0.717, 1.165) is 50.4 Å². The number of aromatic hydroxyl groups is 1. The van der Waals surface area contributed by atoms with E-state index >= 15 is 0 Å². The summed E-state index contributed by atoms with van der Waals surface area (Å²) in [4.78, 5) is 17.3. The number of aryl methyl sites for hydroxylation is 1. The SMILES string of the molecule is CCCCC.CO[C@H]1CO[C@H]2OCC[C@H]21.Cc1ccccc1.O=CNCCCN(OC1CCOCC1)Sc1ccc(O)cc1. The van der Waals surface area contributed by atoms with Gasteiger partial charge in [-0.3, -0.25) is 9.63 Å². The zero-order chi connectivity index (χ0) is 31.8. The first-order chi connectivity index (χ1) is 21.5. The summed E-state index contributed by atoms with van der Waals surface area (Å²) in [6.07, 6.45) is 8.91. The second-order valence-electron chi connectivity index (χ2n) is 10.8. The van der Waals surface area contributed by atoms with Crippen molar-refractivity contribution in [1.29, 1.82) is 0 Å². The molecule has 0 saturated carbocycles. The van der Waals surface area contributed by atoms with Gasteiger partial charge in [0.2, 0.25) is 6.41 Å². The predicted molar refractivity (Wildman–Crippen MR) is 175 cm³/mol. The van der Waals surface area contributed by atoms with Crippen LogP contribution in [0.4, 0.5) is 0 Å². The van der Waals surface area contributed by atoms with Crippen LogP contribution in [0, 0.1) is 12.8 Å². The van der Waals surface area contributed by atoms with Gasteiger partial charge in [-0.2, -0.15) is 0 Å². The molecule has 0 spiro atoms. The van der Waals surface area contributed by atoms with E-state index in [2.05, 4.69) is 38.2 Å². The first kappa shape index (κ1) is 38.0. The van der Waals surface area contributed by atoms with Gasteiger partial charge in [0.25, 0.3) is 0 Å². The number of phenols is 1. The Labute approximate surface area is 269 Å². The van der Waals surface area contributed by atoms with Gasteiger partial charge in [0.05, 0.1) is 25.4 Å². The molecule has 3 aliphatic rings. The highest BCUT2D eigenvalue weighted by Crippen LogP contribution is 2.32. The molecule has 0 bridgehead atoms. The average Bonchev–Trinajstić information content (AvgIpc) is 3.67. The number of hydrogen-bond donors (Lipinski definition) is 2. The zero-order valence-electron chi connectivity index (χ0n) is 27.0. The highest BCUT2D eigenvalue weighted by atomic mass is 32.2. The van der Waals surface area contributed by atoms with Crippen LogP contribution in [-0.2, 0) is 28.6 Å². The molecule has 2 aromatic carbocycles. The van der Waals surface area contributed by atoms with Crippen LogP contribution in [-0.4, -0.2) is 81.1 Å². The number of amides is 1. The third kappa shape index (κ3) is 16.2. The van der Waals surface area contributed by atoms with Crippen molar-refractivity contribution in [2.45, 2.75) is 89.1 Å².